The number of aryl methyl sites for hydroxylation is 1. The van der Waals surface area contributed by atoms with Gasteiger partial charge in [-0.3, -0.25) is 4.79 Å². The maximum atomic E-state index is 12.2. The van der Waals surface area contributed by atoms with Gasteiger partial charge in [0.1, 0.15) is 0 Å². The van der Waals surface area contributed by atoms with Crippen LogP contribution in [0.1, 0.15) is 24.5 Å². The molecule has 0 spiro atoms. The summed E-state index contributed by atoms with van der Waals surface area (Å²) in [6.45, 7) is 3.74. The third kappa shape index (κ3) is 6.34. The first kappa shape index (κ1) is 19.7. The van der Waals surface area contributed by atoms with E-state index in [2.05, 4.69) is 33.5 Å². The second-order valence-electron chi connectivity index (χ2n) is 5.08. The molecule has 0 atom stereocenters. The van der Waals surface area contributed by atoms with Crippen LogP contribution in [0.15, 0.2) is 53.0 Å². The van der Waals surface area contributed by atoms with Gasteiger partial charge in [-0.25, -0.2) is 0 Å². The van der Waals surface area contributed by atoms with Crippen molar-refractivity contribution in [2.75, 3.05) is 11.9 Å². The second-order valence-corrected chi connectivity index (χ2v) is 5.93. The fourth-order valence-electron chi connectivity index (χ4n) is 2.22. The highest BCUT2D eigenvalue weighted by atomic mass is 79.9. The number of amides is 1. The summed E-state index contributed by atoms with van der Waals surface area (Å²) in [6.07, 6.45) is 1.20. The van der Waals surface area contributed by atoms with Crippen LogP contribution in [0.2, 0.25) is 0 Å². The first-order chi connectivity index (χ1) is 10.7. The topological polar surface area (TPSA) is 41.1 Å². The lowest BCUT2D eigenvalue weighted by Crippen LogP contribution is -2.17. The molecule has 5 heteroatoms. The monoisotopic (exact) mass is 396 g/mol. The van der Waals surface area contributed by atoms with E-state index in [1.807, 2.05) is 48.5 Å². The minimum absolute atomic E-state index is 0. The number of carbonyl (C=O) groups excluding carboxylic acids is 1. The van der Waals surface area contributed by atoms with Crippen LogP contribution in [0.25, 0.3) is 0 Å². The first-order valence-electron chi connectivity index (χ1n) is 7.52. The van der Waals surface area contributed by atoms with Crippen LogP contribution < -0.4 is 10.6 Å². The Morgan fingerprint density at radius 2 is 1.70 bits per heavy atom. The largest absolute Gasteiger partial charge is 0.326 e. The Kier molecular flexibility index (Phi) is 8.92. The van der Waals surface area contributed by atoms with Crippen molar-refractivity contribution in [3.05, 3.63) is 64.1 Å². The zero-order chi connectivity index (χ0) is 15.8. The normalized spacial score (nSPS) is 10.0. The van der Waals surface area contributed by atoms with E-state index >= 15 is 0 Å². The third-order valence-electron chi connectivity index (χ3n) is 3.44. The molecule has 124 valence electrons. The van der Waals surface area contributed by atoms with Gasteiger partial charge < -0.3 is 10.6 Å². The minimum atomic E-state index is 0. The smallest absolute Gasteiger partial charge is 0.224 e. The molecule has 0 aliphatic heterocycles. The van der Waals surface area contributed by atoms with E-state index in [0.717, 1.165) is 40.8 Å². The highest BCUT2D eigenvalue weighted by Gasteiger charge is 2.07. The van der Waals surface area contributed by atoms with Crippen LogP contribution in [-0.2, 0) is 17.8 Å². The quantitative estimate of drug-likeness (QED) is 0.719. The molecule has 2 aromatic rings. The maximum absolute atomic E-state index is 12.2. The van der Waals surface area contributed by atoms with Crippen molar-refractivity contribution in [1.82, 2.24) is 5.32 Å². The zero-order valence-electron chi connectivity index (χ0n) is 13.1. The molecule has 0 saturated carbocycles. The Morgan fingerprint density at radius 1 is 1.04 bits per heavy atom. The number of hydrogen-bond donors (Lipinski definition) is 2. The molecule has 0 aliphatic rings. The van der Waals surface area contributed by atoms with Crippen molar-refractivity contribution in [3.8, 4) is 0 Å². The average Bonchev–Trinajstić information content (AvgIpc) is 2.53. The molecule has 0 bridgehead atoms. The van der Waals surface area contributed by atoms with E-state index in [4.69, 9.17) is 0 Å². The van der Waals surface area contributed by atoms with E-state index in [0.29, 0.717) is 6.42 Å². The summed E-state index contributed by atoms with van der Waals surface area (Å²) in [4.78, 5) is 12.2. The van der Waals surface area contributed by atoms with E-state index in [1.165, 1.54) is 0 Å². The van der Waals surface area contributed by atoms with Crippen LogP contribution in [0.4, 0.5) is 5.69 Å². The molecule has 3 nitrogen and oxygen atoms in total. The molecule has 0 unspecified atom stereocenters. The van der Waals surface area contributed by atoms with Crippen molar-refractivity contribution in [2.45, 2.75) is 26.3 Å². The summed E-state index contributed by atoms with van der Waals surface area (Å²) in [5.41, 5.74) is 3.15. The molecule has 0 saturated heterocycles. The number of nitrogens with one attached hydrogen (secondary N) is 2. The van der Waals surface area contributed by atoms with E-state index in [9.17, 15) is 4.79 Å². The van der Waals surface area contributed by atoms with Gasteiger partial charge in [-0.05, 0) is 36.2 Å². The fourth-order valence-corrected chi connectivity index (χ4v) is 2.70. The van der Waals surface area contributed by atoms with Crippen molar-refractivity contribution >= 4 is 39.9 Å². The second kappa shape index (κ2) is 10.4. The fraction of sp³-hybridized carbons (Fsp3) is 0.278. The Balaban J connectivity index is 0.00000264. The zero-order valence-corrected chi connectivity index (χ0v) is 15.5. The lowest BCUT2D eigenvalue weighted by atomic mass is 10.1. The predicted octanol–water partition coefficient (Wildman–Crippen LogP) is 4.55. The van der Waals surface area contributed by atoms with Crippen LogP contribution in [-0.4, -0.2) is 12.5 Å². The van der Waals surface area contributed by atoms with Crippen molar-refractivity contribution in [2.24, 2.45) is 0 Å². The summed E-state index contributed by atoms with van der Waals surface area (Å²) in [6, 6.07) is 15.9. The average molecular weight is 398 g/mol. The Morgan fingerprint density at radius 3 is 2.39 bits per heavy atom. The Bertz CT molecular complexity index is 634. The highest BCUT2D eigenvalue weighted by molar-refractivity contribution is 9.10. The molecular weight excluding hydrogens is 376 g/mol. The minimum Gasteiger partial charge on any atom is -0.326 e. The van der Waals surface area contributed by atoms with Gasteiger partial charge in [0.15, 0.2) is 0 Å². The van der Waals surface area contributed by atoms with Gasteiger partial charge in [0, 0.05) is 23.1 Å². The van der Waals surface area contributed by atoms with Gasteiger partial charge in [-0.1, -0.05) is 59.3 Å². The van der Waals surface area contributed by atoms with Gasteiger partial charge in [-0.2, -0.15) is 0 Å². The third-order valence-corrected chi connectivity index (χ3v) is 4.21. The highest BCUT2D eigenvalue weighted by Crippen LogP contribution is 2.19. The molecule has 2 rings (SSSR count). The summed E-state index contributed by atoms with van der Waals surface area (Å²) in [7, 11) is 0. The Labute approximate surface area is 152 Å². The summed E-state index contributed by atoms with van der Waals surface area (Å²) in [5, 5.41) is 6.30. The summed E-state index contributed by atoms with van der Waals surface area (Å²) in [5.74, 6) is 0.0414. The SMILES string of the molecule is CCNCc1ccccc1NC(=O)CCc1ccccc1Br.Cl. The Hall–Kier alpha value is -1.36. The van der Waals surface area contributed by atoms with E-state index in [-0.39, 0.29) is 18.3 Å². The van der Waals surface area contributed by atoms with E-state index in [1.54, 1.807) is 0 Å². The number of hydrogen-bond acceptors (Lipinski definition) is 2. The molecule has 2 aromatic carbocycles. The molecule has 0 fully saturated rings. The molecule has 1 amide bonds. The molecule has 23 heavy (non-hydrogen) atoms. The van der Waals surface area contributed by atoms with Crippen LogP contribution in [0.5, 0.6) is 0 Å². The van der Waals surface area contributed by atoms with Crippen LogP contribution in [0, 0.1) is 0 Å². The molecular formula is C18H22BrClN2O. The number of benzene rings is 2. The predicted molar refractivity (Wildman–Crippen MR) is 102 cm³/mol. The molecule has 2 N–H and O–H groups in total. The number of rotatable bonds is 7. The number of halogens is 2. The van der Waals surface area contributed by atoms with Gasteiger partial charge >= 0.3 is 0 Å². The first-order valence-corrected chi connectivity index (χ1v) is 8.32. The van der Waals surface area contributed by atoms with Crippen molar-refractivity contribution < 1.29 is 4.79 Å². The molecule has 0 heterocycles. The lowest BCUT2D eigenvalue weighted by molar-refractivity contribution is -0.116. The van der Waals surface area contributed by atoms with Crippen LogP contribution >= 0.6 is 28.3 Å². The van der Waals surface area contributed by atoms with E-state index < -0.39 is 0 Å². The summed E-state index contributed by atoms with van der Waals surface area (Å²) < 4.78 is 1.05. The lowest BCUT2D eigenvalue weighted by Gasteiger charge is -2.11. The van der Waals surface area contributed by atoms with Gasteiger partial charge in [-0.15, -0.1) is 12.4 Å². The number of anilines is 1. The molecule has 0 radical (unpaired) electrons. The maximum Gasteiger partial charge on any atom is 0.224 e. The number of carbonyl (C=O) groups is 1. The van der Waals surface area contributed by atoms with Crippen LogP contribution in [0.3, 0.4) is 0 Å². The summed E-state index contributed by atoms with van der Waals surface area (Å²) >= 11 is 3.51. The molecule has 0 aliphatic carbocycles. The van der Waals surface area contributed by atoms with Gasteiger partial charge in [0.2, 0.25) is 5.91 Å². The van der Waals surface area contributed by atoms with Crippen molar-refractivity contribution in [3.63, 3.8) is 0 Å². The number of para-hydroxylation sites is 1. The molecule has 0 aromatic heterocycles. The van der Waals surface area contributed by atoms with Gasteiger partial charge in [0.05, 0.1) is 0 Å². The van der Waals surface area contributed by atoms with Crippen molar-refractivity contribution in [1.29, 1.82) is 0 Å². The van der Waals surface area contributed by atoms with Gasteiger partial charge in [0.25, 0.3) is 0 Å². The standard InChI is InChI=1S/C18H21BrN2O.ClH/c1-2-20-13-15-8-4-6-10-17(15)21-18(22)12-11-14-7-3-5-9-16(14)19;/h3-10,20H,2,11-13H2,1H3,(H,21,22);1H.